The number of hydrogen-bond acceptors (Lipinski definition) is 3. The van der Waals surface area contributed by atoms with E-state index in [-0.39, 0.29) is 12.5 Å². The van der Waals surface area contributed by atoms with Crippen molar-refractivity contribution >= 4 is 17.7 Å². The molecule has 1 heterocycles. The lowest BCUT2D eigenvalue weighted by molar-refractivity contribution is -0.119. The van der Waals surface area contributed by atoms with Crippen molar-refractivity contribution < 1.29 is 4.79 Å². The van der Waals surface area contributed by atoms with Gasteiger partial charge in [0.15, 0.2) is 0 Å². The van der Waals surface area contributed by atoms with Gasteiger partial charge in [0, 0.05) is 30.9 Å². The zero-order chi connectivity index (χ0) is 25.7. The van der Waals surface area contributed by atoms with E-state index in [1.165, 1.54) is 5.69 Å². The molecule has 35 heavy (non-hydrogen) atoms. The molecule has 0 saturated heterocycles. The Balaban J connectivity index is 2.64. The first kappa shape index (κ1) is 30.1. The van der Waals surface area contributed by atoms with Crippen LogP contribution in [0.25, 0.3) is 6.08 Å². The van der Waals surface area contributed by atoms with Crippen LogP contribution in [0.2, 0.25) is 0 Å². The van der Waals surface area contributed by atoms with E-state index in [4.69, 9.17) is 4.98 Å². The van der Waals surface area contributed by atoms with Crippen molar-refractivity contribution in [2.75, 3.05) is 13.1 Å². The number of hydrogen-bond donors (Lipinski definition) is 1. The fourth-order valence-corrected chi connectivity index (χ4v) is 3.54. The van der Waals surface area contributed by atoms with Gasteiger partial charge in [0.25, 0.3) is 0 Å². The Kier molecular flexibility index (Phi) is 16.6. The number of aryl methyl sites for hydroxylation is 1. The molecule has 5 heteroatoms. The summed E-state index contributed by atoms with van der Waals surface area (Å²) in [5.74, 6) is 1.07. The molecule has 0 aliphatic heterocycles. The van der Waals surface area contributed by atoms with E-state index in [0.717, 1.165) is 75.3 Å². The number of nitrogens with one attached hydrogen (secondary N) is 1. The predicted molar refractivity (Wildman–Crippen MR) is 152 cm³/mol. The SMILES string of the molecule is C/C=C\C=CC/C=C/c1nc(C)n(CCCCCCNC(=O)CN=C(C)C)c1C/C=C\C=C/CC. The van der Waals surface area contributed by atoms with Gasteiger partial charge < -0.3 is 9.88 Å². The lowest BCUT2D eigenvalue weighted by Gasteiger charge is -2.10. The molecule has 0 unspecified atom stereocenters. The predicted octanol–water partition coefficient (Wildman–Crippen LogP) is 6.95. The van der Waals surface area contributed by atoms with E-state index in [1.54, 1.807) is 0 Å². The number of aromatic nitrogens is 2. The number of aliphatic imine (C=N–C) groups is 1. The summed E-state index contributed by atoms with van der Waals surface area (Å²) in [6.45, 7) is 12.0. The molecule has 0 atom stereocenters. The summed E-state index contributed by atoms with van der Waals surface area (Å²) < 4.78 is 2.37. The third-order valence-electron chi connectivity index (χ3n) is 5.38. The monoisotopic (exact) mass is 478 g/mol. The molecule has 0 saturated carbocycles. The van der Waals surface area contributed by atoms with Gasteiger partial charge in [-0.1, -0.05) is 74.4 Å². The first-order chi connectivity index (χ1) is 17.0. The summed E-state index contributed by atoms with van der Waals surface area (Å²) in [6, 6.07) is 0. The van der Waals surface area contributed by atoms with Crippen LogP contribution in [0.15, 0.2) is 59.7 Å². The second-order valence-corrected chi connectivity index (χ2v) is 8.73. The maximum atomic E-state index is 11.7. The van der Waals surface area contributed by atoms with Crippen LogP contribution in [-0.4, -0.2) is 34.3 Å². The number of allylic oxidation sites excluding steroid dienone is 9. The first-order valence-electron chi connectivity index (χ1n) is 13.1. The smallest absolute Gasteiger partial charge is 0.241 e. The Morgan fingerprint density at radius 1 is 1.00 bits per heavy atom. The molecule has 1 amide bonds. The molecular formula is C30H46N4O. The zero-order valence-corrected chi connectivity index (χ0v) is 22.6. The number of carbonyl (C=O) groups excluding carboxylic acids is 1. The quantitative estimate of drug-likeness (QED) is 0.150. The van der Waals surface area contributed by atoms with Gasteiger partial charge in [-0.25, -0.2) is 4.98 Å². The Labute approximate surface area is 213 Å². The summed E-state index contributed by atoms with van der Waals surface area (Å²) in [7, 11) is 0. The molecule has 0 spiro atoms. The number of amides is 1. The van der Waals surface area contributed by atoms with Gasteiger partial charge in [0.2, 0.25) is 5.91 Å². The summed E-state index contributed by atoms with van der Waals surface area (Å²) in [4.78, 5) is 20.8. The minimum Gasteiger partial charge on any atom is -0.354 e. The second kappa shape index (κ2) is 19.4. The summed E-state index contributed by atoms with van der Waals surface area (Å²) >= 11 is 0. The van der Waals surface area contributed by atoms with Crippen LogP contribution in [0.3, 0.4) is 0 Å². The topological polar surface area (TPSA) is 59.3 Å². The largest absolute Gasteiger partial charge is 0.354 e. The van der Waals surface area contributed by atoms with Crippen molar-refractivity contribution in [3.05, 3.63) is 71.9 Å². The summed E-state index contributed by atoms with van der Waals surface area (Å²) in [5.41, 5.74) is 3.28. The fourth-order valence-electron chi connectivity index (χ4n) is 3.54. The van der Waals surface area contributed by atoms with Crippen molar-refractivity contribution in [1.29, 1.82) is 0 Å². The van der Waals surface area contributed by atoms with Crippen molar-refractivity contribution in [3.8, 4) is 0 Å². The molecule has 1 aromatic heterocycles. The van der Waals surface area contributed by atoms with E-state index in [0.29, 0.717) is 0 Å². The Hall–Kier alpha value is -2.95. The minimum absolute atomic E-state index is 0.00428. The molecule has 0 aromatic carbocycles. The number of rotatable bonds is 17. The van der Waals surface area contributed by atoms with E-state index < -0.39 is 0 Å². The number of imidazole rings is 1. The molecule has 192 valence electrons. The molecule has 1 N–H and O–H groups in total. The van der Waals surface area contributed by atoms with Crippen LogP contribution in [-0.2, 0) is 17.8 Å². The molecule has 0 radical (unpaired) electrons. The Bertz CT molecular complexity index is 909. The standard InChI is InChI=1S/C30H46N4O/c1-6-8-10-12-14-17-21-28-29(22-18-13-11-9-7-2)34(27(5)33-28)24-20-16-15-19-23-31-30(35)25-32-26(3)4/h6,8-13,17-18,21H,7,14-16,19-20,22-25H2,1-5H3,(H,31,35)/b8-6-,11-9-,12-10?,18-13-,21-17+. The van der Waals surface area contributed by atoms with Gasteiger partial charge >= 0.3 is 0 Å². The lowest BCUT2D eigenvalue weighted by atomic mass is 10.1. The lowest BCUT2D eigenvalue weighted by Crippen LogP contribution is -2.26. The highest BCUT2D eigenvalue weighted by Crippen LogP contribution is 2.17. The minimum atomic E-state index is 0.00428. The van der Waals surface area contributed by atoms with Crippen molar-refractivity contribution in [1.82, 2.24) is 14.9 Å². The van der Waals surface area contributed by atoms with E-state index >= 15 is 0 Å². The zero-order valence-electron chi connectivity index (χ0n) is 22.6. The van der Waals surface area contributed by atoms with Gasteiger partial charge in [0.1, 0.15) is 12.4 Å². The van der Waals surface area contributed by atoms with Gasteiger partial charge in [-0.3, -0.25) is 9.79 Å². The molecule has 0 aliphatic carbocycles. The van der Waals surface area contributed by atoms with Crippen LogP contribution >= 0.6 is 0 Å². The third-order valence-corrected chi connectivity index (χ3v) is 5.38. The molecule has 5 nitrogen and oxygen atoms in total. The highest BCUT2D eigenvalue weighted by Gasteiger charge is 2.11. The molecule has 0 fully saturated rings. The van der Waals surface area contributed by atoms with E-state index in [1.807, 2.05) is 32.9 Å². The normalized spacial score (nSPS) is 12.3. The molecule has 0 aliphatic rings. The van der Waals surface area contributed by atoms with E-state index in [2.05, 4.69) is 77.3 Å². The van der Waals surface area contributed by atoms with Gasteiger partial charge in [-0.2, -0.15) is 0 Å². The van der Waals surface area contributed by atoms with Gasteiger partial charge in [0.05, 0.1) is 5.69 Å². The second-order valence-electron chi connectivity index (χ2n) is 8.73. The summed E-state index contributed by atoms with van der Waals surface area (Å²) in [5, 5.41) is 2.95. The van der Waals surface area contributed by atoms with Gasteiger partial charge in [-0.05, 0) is 59.5 Å². The van der Waals surface area contributed by atoms with Crippen LogP contribution in [0, 0.1) is 6.92 Å². The maximum absolute atomic E-state index is 11.7. The highest BCUT2D eigenvalue weighted by molar-refractivity contribution is 5.84. The molecular weight excluding hydrogens is 432 g/mol. The third kappa shape index (κ3) is 14.1. The van der Waals surface area contributed by atoms with E-state index in [9.17, 15) is 4.79 Å². The Morgan fingerprint density at radius 3 is 2.49 bits per heavy atom. The van der Waals surface area contributed by atoms with Crippen LogP contribution in [0.5, 0.6) is 0 Å². The average molecular weight is 479 g/mol. The summed E-state index contributed by atoms with van der Waals surface area (Å²) in [6.07, 6.45) is 28.4. The highest BCUT2D eigenvalue weighted by atomic mass is 16.1. The fraction of sp³-hybridized carbons (Fsp3) is 0.500. The first-order valence-corrected chi connectivity index (χ1v) is 13.1. The van der Waals surface area contributed by atoms with Crippen molar-refractivity contribution in [2.24, 2.45) is 4.99 Å². The number of nitrogens with zero attached hydrogens (tertiary/aromatic N) is 3. The number of carbonyl (C=O) groups is 1. The van der Waals surface area contributed by atoms with Gasteiger partial charge in [-0.15, -0.1) is 0 Å². The Morgan fingerprint density at radius 2 is 1.74 bits per heavy atom. The molecule has 0 bridgehead atoms. The molecule has 1 aromatic rings. The van der Waals surface area contributed by atoms with Crippen LogP contribution in [0.4, 0.5) is 0 Å². The maximum Gasteiger partial charge on any atom is 0.241 e. The molecule has 1 rings (SSSR count). The van der Waals surface area contributed by atoms with Crippen molar-refractivity contribution in [2.45, 2.75) is 86.1 Å². The van der Waals surface area contributed by atoms with Crippen molar-refractivity contribution in [3.63, 3.8) is 0 Å². The average Bonchev–Trinajstić information content (AvgIpc) is 3.13. The van der Waals surface area contributed by atoms with Crippen LogP contribution < -0.4 is 5.32 Å². The number of unbranched alkanes of at least 4 members (excludes halogenated alkanes) is 3. The van der Waals surface area contributed by atoms with Crippen LogP contribution in [0.1, 0.15) is 83.4 Å².